The van der Waals surface area contributed by atoms with Crippen molar-refractivity contribution in [2.24, 2.45) is 0 Å². The van der Waals surface area contributed by atoms with Crippen LogP contribution in [0.15, 0.2) is 46.5 Å². The standard InChI is InChI=1S/C18H18N4O2S2/c1-12-2-4-14(5-3-12)19-9-17(24)22-21-16(23)8-15-11-26-18(20-15)13-6-7-25-10-13/h2-7,10-11,19H,8-9H2,1H3,(H,21,23)(H,22,24). The number of hydrogen-bond donors (Lipinski definition) is 3. The molecule has 134 valence electrons. The molecule has 26 heavy (non-hydrogen) atoms. The molecule has 0 saturated heterocycles. The van der Waals surface area contributed by atoms with Crippen LogP contribution in [0.5, 0.6) is 0 Å². The number of benzene rings is 1. The first-order chi connectivity index (χ1) is 12.6. The number of anilines is 1. The summed E-state index contributed by atoms with van der Waals surface area (Å²) in [4.78, 5) is 28.2. The largest absolute Gasteiger partial charge is 0.376 e. The van der Waals surface area contributed by atoms with Crippen LogP contribution in [0.4, 0.5) is 5.69 Å². The van der Waals surface area contributed by atoms with Crippen molar-refractivity contribution < 1.29 is 9.59 Å². The van der Waals surface area contributed by atoms with E-state index in [-0.39, 0.29) is 24.8 Å². The maximum Gasteiger partial charge on any atom is 0.257 e. The lowest BCUT2D eigenvalue weighted by Gasteiger charge is -2.08. The molecule has 0 aliphatic carbocycles. The Morgan fingerprint density at radius 3 is 2.54 bits per heavy atom. The monoisotopic (exact) mass is 386 g/mol. The molecule has 3 N–H and O–H groups in total. The number of nitrogens with zero attached hydrogens (tertiary/aromatic N) is 1. The van der Waals surface area contributed by atoms with Gasteiger partial charge in [-0.15, -0.1) is 11.3 Å². The number of aryl methyl sites for hydroxylation is 1. The van der Waals surface area contributed by atoms with E-state index >= 15 is 0 Å². The fourth-order valence-electron chi connectivity index (χ4n) is 2.15. The molecule has 0 radical (unpaired) electrons. The van der Waals surface area contributed by atoms with Crippen LogP contribution >= 0.6 is 22.7 Å². The Bertz CT molecular complexity index is 873. The number of nitrogens with one attached hydrogen (secondary N) is 3. The summed E-state index contributed by atoms with van der Waals surface area (Å²) in [6.07, 6.45) is 0.117. The van der Waals surface area contributed by atoms with E-state index in [4.69, 9.17) is 0 Å². The second kappa shape index (κ2) is 8.59. The average Bonchev–Trinajstić information content (AvgIpc) is 3.31. The third-order valence-corrected chi connectivity index (χ3v) is 5.13. The molecule has 3 rings (SSSR count). The zero-order valence-corrected chi connectivity index (χ0v) is 15.7. The average molecular weight is 387 g/mol. The molecule has 1 aromatic carbocycles. The van der Waals surface area contributed by atoms with Gasteiger partial charge in [-0.1, -0.05) is 17.7 Å². The number of thiophene rings is 1. The van der Waals surface area contributed by atoms with E-state index in [0.29, 0.717) is 5.69 Å². The Labute approximate surface area is 159 Å². The van der Waals surface area contributed by atoms with Crippen molar-refractivity contribution in [2.75, 3.05) is 11.9 Å². The van der Waals surface area contributed by atoms with Gasteiger partial charge in [-0.2, -0.15) is 11.3 Å². The van der Waals surface area contributed by atoms with Gasteiger partial charge in [-0.05, 0) is 30.5 Å². The molecule has 3 aromatic rings. The highest BCUT2D eigenvalue weighted by atomic mass is 32.1. The first kappa shape index (κ1) is 18.1. The predicted octanol–water partition coefficient (Wildman–Crippen LogP) is 2.98. The lowest BCUT2D eigenvalue weighted by molar-refractivity contribution is -0.127. The van der Waals surface area contributed by atoms with Crippen LogP contribution in [0.25, 0.3) is 10.6 Å². The molecule has 2 aromatic heterocycles. The van der Waals surface area contributed by atoms with Gasteiger partial charge in [0.2, 0.25) is 5.91 Å². The van der Waals surface area contributed by atoms with Gasteiger partial charge in [0.25, 0.3) is 5.91 Å². The quantitative estimate of drug-likeness (QED) is 0.569. The van der Waals surface area contributed by atoms with Gasteiger partial charge in [0.15, 0.2) is 0 Å². The normalized spacial score (nSPS) is 10.3. The summed E-state index contributed by atoms with van der Waals surface area (Å²) in [5.74, 6) is -0.632. The van der Waals surface area contributed by atoms with Crippen molar-refractivity contribution in [3.8, 4) is 10.6 Å². The molecule has 0 fully saturated rings. The molecule has 2 heterocycles. The molecule has 2 amide bonds. The Kier molecular flexibility index (Phi) is 5.98. The van der Waals surface area contributed by atoms with Crippen LogP contribution in [-0.4, -0.2) is 23.3 Å². The lowest BCUT2D eigenvalue weighted by Crippen LogP contribution is -2.44. The molecule has 0 unspecified atom stereocenters. The highest BCUT2D eigenvalue weighted by molar-refractivity contribution is 7.14. The van der Waals surface area contributed by atoms with Crippen molar-refractivity contribution in [1.82, 2.24) is 15.8 Å². The predicted molar refractivity (Wildman–Crippen MR) is 105 cm³/mol. The Balaban J connectivity index is 1.41. The summed E-state index contributed by atoms with van der Waals surface area (Å²) < 4.78 is 0. The van der Waals surface area contributed by atoms with Crippen molar-refractivity contribution in [1.29, 1.82) is 0 Å². The second-order valence-corrected chi connectivity index (χ2v) is 7.29. The molecule has 0 saturated carbocycles. The molecule has 6 nitrogen and oxygen atoms in total. The van der Waals surface area contributed by atoms with E-state index < -0.39 is 0 Å². The number of hydrogen-bond acceptors (Lipinski definition) is 6. The fourth-order valence-corrected chi connectivity index (χ4v) is 3.68. The van der Waals surface area contributed by atoms with Crippen LogP contribution in [0.2, 0.25) is 0 Å². The zero-order valence-electron chi connectivity index (χ0n) is 14.1. The first-order valence-electron chi connectivity index (χ1n) is 7.95. The highest BCUT2D eigenvalue weighted by Gasteiger charge is 2.10. The number of amides is 2. The highest BCUT2D eigenvalue weighted by Crippen LogP contribution is 2.25. The van der Waals surface area contributed by atoms with Crippen molar-refractivity contribution in [3.05, 3.63) is 57.7 Å². The number of thiazole rings is 1. The number of aromatic nitrogens is 1. The SMILES string of the molecule is Cc1ccc(NCC(=O)NNC(=O)Cc2csc(-c3ccsc3)n2)cc1. The van der Waals surface area contributed by atoms with Gasteiger partial charge in [0, 0.05) is 22.0 Å². The fraction of sp³-hybridized carbons (Fsp3) is 0.167. The van der Waals surface area contributed by atoms with Crippen LogP contribution in [0.1, 0.15) is 11.3 Å². The minimum absolute atomic E-state index is 0.0718. The summed E-state index contributed by atoms with van der Waals surface area (Å²) in [6, 6.07) is 9.71. The third-order valence-electron chi connectivity index (χ3n) is 3.51. The van der Waals surface area contributed by atoms with Gasteiger partial charge in [-0.3, -0.25) is 20.4 Å². The molecular weight excluding hydrogens is 368 g/mol. The maximum atomic E-state index is 11.9. The summed E-state index contributed by atoms with van der Waals surface area (Å²) in [5, 5.41) is 9.74. The van der Waals surface area contributed by atoms with Crippen LogP contribution in [0.3, 0.4) is 0 Å². The van der Waals surface area contributed by atoms with E-state index in [9.17, 15) is 9.59 Å². The van der Waals surface area contributed by atoms with E-state index in [2.05, 4.69) is 21.2 Å². The van der Waals surface area contributed by atoms with Crippen LogP contribution < -0.4 is 16.2 Å². The van der Waals surface area contributed by atoms with E-state index in [0.717, 1.165) is 21.8 Å². The number of carbonyl (C=O) groups excluding carboxylic acids is 2. The summed E-state index contributed by atoms with van der Waals surface area (Å²) in [5.41, 5.74) is 8.54. The van der Waals surface area contributed by atoms with Crippen molar-refractivity contribution >= 4 is 40.2 Å². The molecule has 0 bridgehead atoms. The Morgan fingerprint density at radius 1 is 1.04 bits per heavy atom. The summed E-state index contributed by atoms with van der Waals surface area (Å²) in [6.45, 7) is 2.07. The Hall–Kier alpha value is -2.71. The van der Waals surface area contributed by atoms with Gasteiger partial charge in [-0.25, -0.2) is 4.98 Å². The van der Waals surface area contributed by atoms with Crippen molar-refractivity contribution in [3.63, 3.8) is 0 Å². The number of rotatable bonds is 6. The van der Waals surface area contributed by atoms with E-state index in [1.807, 2.05) is 53.4 Å². The Morgan fingerprint density at radius 2 is 1.81 bits per heavy atom. The minimum Gasteiger partial charge on any atom is -0.376 e. The van der Waals surface area contributed by atoms with Gasteiger partial charge >= 0.3 is 0 Å². The smallest absolute Gasteiger partial charge is 0.257 e. The first-order valence-corrected chi connectivity index (χ1v) is 9.77. The number of hydrazine groups is 1. The van der Waals surface area contributed by atoms with Gasteiger partial charge in [0.05, 0.1) is 18.7 Å². The lowest BCUT2D eigenvalue weighted by atomic mass is 10.2. The van der Waals surface area contributed by atoms with E-state index in [1.165, 1.54) is 11.3 Å². The molecular formula is C18H18N4O2S2. The topological polar surface area (TPSA) is 83.1 Å². The van der Waals surface area contributed by atoms with Crippen molar-refractivity contribution in [2.45, 2.75) is 13.3 Å². The van der Waals surface area contributed by atoms with Crippen LogP contribution in [0, 0.1) is 6.92 Å². The second-order valence-electron chi connectivity index (χ2n) is 5.65. The molecule has 0 aliphatic heterocycles. The van der Waals surface area contributed by atoms with Crippen LogP contribution in [-0.2, 0) is 16.0 Å². The third kappa shape index (κ3) is 5.14. The maximum absolute atomic E-state index is 11.9. The summed E-state index contributed by atoms with van der Waals surface area (Å²) >= 11 is 3.11. The molecule has 0 spiro atoms. The molecule has 0 aliphatic rings. The minimum atomic E-state index is -0.323. The molecule has 0 atom stereocenters. The van der Waals surface area contributed by atoms with Gasteiger partial charge in [0.1, 0.15) is 5.01 Å². The van der Waals surface area contributed by atoms with E-state index in [1.54, 1.807) is 11.3 Å². The summed E-state index contributed by atoms with van der Waals surface area (Å²) in [7, 11) is 0. The molecule has 8 heteroatoms. The zero-order chi connectivity index (χ0) is 18.4. The van der Waals surface area contributed by atoms with Gasteiger partial charge < -0.3 is 5.32 Å². The number of carbonyl (C=O) groups is 2.